The molecule has 2 aliphatic heterocycles. The summed E-state index contributed by atoms with van der Waals surface area (Å²) in [6.45, 7) is 5.26. The van der Waals surface area contributed by atoms with E-state index in [2.05, 4.69) is 21.7 Å². The molecule has 2 fully saturated rings. The van der Waals surface area contributed by atoms with Gasteiger partial charge in [0.2, 0.25) is 5.91 Å². The minimum atomic E-state index is 0.208. The molecule has 0 bridgehead atoms. The molecule has 0 aromatic carbocycles. The lowest BCUT2D eigenvalue weighted by Crippen LogP contribution is -2.46. The number of rotatable bonds is 5. The van der Waals surface area contributed by atoms with Crippen molar-refractivity contribution in [2.24, 2.45) is 11.8 Å². The normalized spacial score (nSPS) is 27.1. The van der Waals surface area contributed by atoms with Crippen LogP contribution in [-0.2, 0) is 16.1 Å². The summed E-state index contributed by atoms with van der Waals surface area (Å²) in [4.78, 5) is 16.9. The van der Waals surface area contributed by atoms with Gasteiger partial charge in [-0.1, -0.05) is 0 Å². The third-order valence-corrected chi connectivity index (χ3v) is 5.20. The molecule has 0 N–H and O–H groups in total. The van der Waals surface area contributed by atoms with Crippen LogP contribution in [0.1, 0.15) is 12.0 Å². The zero-order chi connectivity index (χ0) is 13.9. The topological polar surface area (TPSA) is 32.8 Å². The summed E-state index contributed by atoms with van der Waals surface area (Å²) in [6, 6.07) is 2.18. The van der Waals surface area contributed by atoms with Crippen LogP contribution in [0, 0.1) is 11.8 Å². The second kappa shape index (κ2) is 6.24. The molecule has 1 aromatic heterocycles. The summed E-state index contributed by atoms with van der Waals surface area (Å²) in [5, 5.41) is 4.32. The molecular weight excluding hydrogens is 272 g/mol. The van der Waals surface area contributed by atoms with Gasteiger partial charge in [-0.3, -0.25) is 9.69 Å². The van der Waals surface area contributed by atoms with E-state index in [1.165, 1.54) is 5.56 Å². The number of hydrogen-bond acceptors (Lipinski definition) is 4. The SMILES string of the molecule is COCCN1CC[C@@H]2CN(Cc3ccsc3)C[C@H]2C1=O. The monoisotopic (exact) mass is 294 g/mol. The average molecular weight is 294 g/mol. The van der Waals surface area contributed by atoms with Crippen LogP contribution in [0.5, 0.6) is 0 Å². The Morgan fingerprint density at radius 2 is 2.35 bits per heavy atom. The van der Waals surface area contributed by atoms with E-state index in [1.807, 2.05) is 4.90 Å². The van der Waals surface area contributed by atoms with E-state index in [4.69, 9.17) is 4.74 Å². The Kier molecular flexibility index (Phi) is 4.38. The summed E-state index contributed by atoms with van der Waals surface area (Å²) in [5.74, 6) is 1.10. The fourth-order valence-corrected chi connectivity index (χ4v) is 4.05. The van der Waals surface area contributed by atoms with E-state index in [9.17, 15) is 4.79 Å². The minimum absolute atomic E-state index is 0.208. The van der Waals surface area contributed by atoms with E-state index < -0.39 is 0 Å². The van der Waals surface area contributed by atoms with Gasteiger partial charge in [-0.05, 0) is 34.7 Å². The van der Waals surface area contributed by atoms with E-state index in [-0.39, 0.29) is 5.92 Å². The lowest BCUT2D eigenvalue weighted by atomic mass is 9.88. The number of amides is 1. The Hall–Kier alpha value is -0.910. The zero-order valence-electron chi connectivity index (χ0n) is 12.0. The van der Waals surface area contributed by atoms with Crippen LogP contribution < -0.4 is 0 Å². The minimum Gasteiger partial charge on any atom is -0.383 e. The number of fused-ring (bicyclic) bond motifs is 1. The summed E-state index contributed by atoms with van der Waals surface area (Å²) >= 11 is 1.74. The van der Waals surface area contributed by atoms with Crippen molar-refractivity contribution in [1.29, 1.82) is 0 Å². The van der Waals surface area contributed by atoms with E-state index >= 15 is 0 Å². The van der Waals surface area contributed by atoms with Crippen LogP contribution in [0.2, 0.25) is 0 Å². The Morgan fingerprint density at radius 3 is 3.10 bits per heavy atom. The van der Waals surface area contributed by atoms with Crippen LogP contribution in [-0.4, -0.2) is 55.6 Å². The number of hydrogen-bond donors (Lipinski definition) is 0. The van der Waals surface area contributed by atoms with Crippen LogP contribution >= 0.6 is 11.3 Å². The molecule has 110 valence electrons. The van der Waals surface area contributed by atoms with Crippen molar-refractivity contribution in [2.75, 3.05) is 39.9 Å². The van der Waals surface area contributed by atoms with E-state index in [1.54, 1.807) is 18.4 Å². The Morgan fingerprint density at radius 1 is 1.45 bits per heavy atom. The number of nitrogens with zero attached hydrogens (tertiary/aromatic N) is 2. The Labute approximate surface area is 124 Å². The summed E-state index contributed by atoms with van der Waals surface area (Å²) in [6.07, 6.45) is 1.14. The predicted octanol–water partition coefficient (Wildman–Crippen LogP) is 1.67. The highest BCUT2D eigenvalue weighted by molar-refractivity contribution is 7.07. The van der Waals surface area contributed by atoms with Gasteiger partial charge in [0, 0.05) is 39.8 Å². The van der Waals surface area contributed by atoms with Crippen molar-refractivity contribution >= 4 is 17.2 Å². The molecule has 2 saturated heterocycles. The number of piperidine rings is 1. The first-order valence-corrected chi connectivity index (χ1v) is 8.23. The van der Waals surface area contributed by atoms with Gasteiger partial charge in [0.05, 0.1) is 12.5 Å². The molecule has 0 saturated carbocycles. The van der Waals surface area contributed by atoms with E-state index in [0.29, 0.717) is 18.4 Å². The van der Waals surface area contributed by atoms with Crippen molar-refractivity contribution in [3.63, 3.8) is 0 Å². The molecule has 4 nitrogen and oxygen atoms in total. The molecule has 0 aliphatic carbocycles. The Balaban J connectivity index is 1.58. The molecule has 3 rings (SSSR count). The second-order valence-corrected chi connectivity index (χ2v) is 6.58. The summed E-state index contributed by atoms with van der Waals surface area (Å²) in [5.41, 5.74) is 1.37. The van der Waals surface area contributed by atoms with Crippen molar-refractivity contribution in [3.8, 4) is 0 Å². The van der Waals surface area contributed by atoms with Gasteiger partial charge in [0.1, 0.15) is 0 Å². The molecular formula is C15H22N2O2S. The van der Waals surface area contributed by atoms with Crippen molar-refractivity contribution in [1.82, 2.24) is 9.80 Å². The number of carbonyl (C=O) groups excluding carboxylic acids is 1. The maximum atomic E-state index is 12.5. The van der Waals surface area contributed by atoms with Crippen molar-refractivity contribution in [2.45, 2.75) is 13.0 Å². The first-order valence-electron chi connectivity index (χ1n) is 7.29. The number of likely N-dealkylation sites (tertiary alicyclic amines) is 2. The molecule has 20 heavy (non-hydrogen) atoms. The van der Waals surface area contributed by atoms with Gasteiger partial charge in [0.25, 0.3) is 0 Å². The molecule has 2 aliphatic rings. The third kappa shape index (κ3) is 2.90. The molecule has 1 aromatic rings. The van der Waals surface area contributed by atoms with Crippen molar-refractivity contribution < 1.29 is 9.53 Å². The Bertz CT molecular complexity index is 449. The highest BCUT2D eigenvalue weighted by atomic mass is 32.1. The quantitative estimate of drug-likeness (QED) is 0.828. The van der Waals surface area contributed by atoms with Crippen LogP contribution in [0.3, 0.4) is 0 Å². The van der Waals surface area contributed by atoms with Gasteiger partial charge in [-0.15, -0.1) is 0 Å². The van der Waals surface area contributed by atoms with Gasteiger partial charge in [-0.25, -0.2) is 0 Å². The number of methoxy groups -OCH3 is 1. The zero-order valence-corrected chi connectivity index (χ0v) is 12.8. The summed E-state index contributed by atoms with van der Waals surface area (Å²) < 4.78 is 5.09. The molecule has 0 unspecified atom stereocenters. The van der Waals surface area contributed by atoms with Gasteiger partial charge >= 0.3 is 0 Å². The molecule has 0 radical (unpaired) electrons. The van der Waals surface area contributed by atoms with Crippen LogP contribution in [0.4, 0.5) is 0 Å². The van der Waals surface area contributed by atoms with Crippen LogP contribution in [0.25, 0.3) is 0 Å². The van der Waals surface area contributed by atoms with E-state index in [0.717, 1.165) is 39.1 Å². The highest BCUT2D eigenvalue weighted by Crippen LogP contribution is 2.32. The lowest BCUT2D eigenvalue weighted by molar-refractivity contribution is -0.140. The fraction of sp³-hybridized carbons (Fsp3) is 0.667. The molecule has 5 heteroatoms. The van der Waals surface area contributed by atoms with Gasteiger partial charge < -0.3 is 9.64 Å². The molecule has 0 spiro atoms. The predicted molar refractivity (Wildman–Crippen MR) is 79.6 cm³/mol. The van der Waals surface area contributed by atoms with Gasteiger partial charge in [-0.2, -0.15) is 11.3 Å². The average Bonchev–Trinajstić information content (AvgIpc) is 3.08. The number of thiophene rings is 1. The smallest absolute Gasteiger partial charge is 0.227 e. The number of ether oxygens (including phenoxy) is 1. The standard InChI is InChI=1S/C15H22N2O2S/c1-19-6-5-17-4-2-13-9-16(10-14(13)15(17)18)8-12-3-7-20-11-12/h3,7,11,13-14H,2,4-6,8-10H2,1H3/t13-,14-/m1/s1. The molecule has 2 atom stereocenters. The largest absolute Gasteiger partial charge is 0.383 e. The maximum absolute atomic E-state index is 12.5. The second-order valence-electron chi connectivity index (χ2n) is 5.80. The fourth-order valence-electron chi connectivity index (χ4n) is 3.39. The summed E-state index contributed by atoms with van der Waals surface area (Å²) in [7, 11) is 1.69. The first-order chi connectivity index (χ1) is 9.78. The van der Waals surface area contributed by atoms with Gasteiger partial charge in [0.15, 0.2) is 0 Å². The van der Waals surface area contributed by atoms with Crippen LogP contribution in [0.15, 0.2) is 16.8 Å². The van der Waals surface area contributed by atoms with Crippen molar-refractivity contribution in [3.05, 3.63) is 22.4 Å². The first kappa shape index (κ1) is 14.0. The third-order valence-electron chi connectivity index (χ3n) is 4.47. The highest BCUT2D eigenvalue weighted by Gasteiger charge is 2.42. The lowest BCUT2D eigenvalue weighted by Gasteiger charge is -2.33. The molecule has 3 heterocycles. The molecule has 1 amide bonds. The number of carbonyl (C=O) groups is 1. The maximum Gasteiger partial charge on any atom is 0.227 e.